The standard InChI is InChI=1S/C13H15NO4/c1-18-10-4-2-3-8(5-10)9-6-11(13(16)17)12(15)14-7-9/h2-5,9,11H,6-7H2,1H3,(H,14,15)(H,16,17)/t9-,11+/m1/s1. The maximum Gasteiger partial charge on any atom is 0.316 e. The van der Waals surface area contributed by atoms with E-state index in [1.165, 1.54) is 0 Å². The highest BCUT2D eigenvalue weighted by molar-refractivity contribution is 5.97. The van der Waals surface area contributed by atoms with E-state index >= 15 is 0 Å². The normalized spacial score (nSPS) is 23.3. The third-order valence-corrected chi connectivity index (χ3v) is 3.22. The van der Waals surface area contributed by atoms with Crippen molar-refractivity contribution in [3.05, 3.63) is 29.8 Å². The highest BCUT2D eigenvalue weighted by atomic mass is 16.5. The maximum absolute atomic E-state index is 11.4. The molecule has 2 N–H and O–H groups in total. The van der Waals surface area contributed by atoms with E-state index in [2.05, 4.69) is 5.32 Å². The van der Waals surface area contributed by atoms with Crippen molar-refractivity contribution >= 4 is 11.9 Å². The number of carbonyl (C=O) groups excluding carboxylic acids is 1. The number of carboxylic acids is 1. The van der Waals surface area contributed by atoms with Gasteiger partial charge in [-0.05, 0) is 24.1 Å². The van der Waals surface area contributed by atoms with E-state index < -0.39 is 17.8 Å². The molecule has 5 nitrogen and oxygen atoms in total. The van der Waals surface area contributed by atoms with Crippen LogP contribution >= 0.6 is 0 Å². The fraction of sp³-hybridized carbons (Fsp3) is 0.385. The van der Waals surface area contributed by atoms with Crippen LogP contribution in [0.1, 0.15) is 17.9 Å². The van der Waals surface area contributed by atoms with Gasteiger partial charge in [0, 0.05) is 12.5 Å². The minimum absolute atomic E-state index is 0.0129. The number of aliphatic carboxylic acids is 1. The van der Waals surface area contributed by atoms with Crippen molar-refractivity contribution in [3.63, 3.8) is 0 Å². The number of benzene rings is 1. The highest BCUT2D eigenvalue weighted by Crippen LogP contribution is 2.29. The van der Waals surface area contributed by atoms with E-state index in [1.54, 1.807) is 7.11 Å². The average Bonchev–Trinajstić information content (AvgIpc) is 2.39. The first-order chi connectivity index (χ1) is 8.61. The van der Waals surface area contributed by atoms with E-state index in [0.717, 1.165) is 11.3 Å². The second kappa shape index (κ2) is 5.08. The van der Waals surface area contributed by atoms with Crippen LogP contribution in [0.15, 0.2) is 24.3 Å². The molecule has 0 bridgehead atoms. The van der Waals surface area contributed by atoms with Gasteiger partial charge in [-0.2, -0.15) is 0 Å². The Labute approximate surface area is 105 Å². The molecule has 1 aromatic rings. The van der Waals surface area contributed by atoms with E-state index in [1.807, 2.05) is 24.3 Å². The molecule has 0 unspecified atom stereocenters. The Balaban J connectivity index is 2.18. The third kappa shape index (κ3) is 2.45. The molecule has 2 rings (SSSR count). The van der Waals surface area contributed by atoms with Crippen LogP contribution in [0.25, 0.3) is 0 Å². The van der Waals surface area contributed by atoms with Crippen molar-refractivity contribution < 1.29 is 19.4 Å². The molecule has 1 heterocycles. The maximum atomic E-state index is 11.4. The first kappa shape index (κ1) is 12.4. The fourth-order valence-electron chi connectivity index (χ4n) is 2.18. The number of carbonyl (C=O) groups is 2. The molecule has 0 aliphatic carbocycles. The minimum Gasteiger partial charge on any atom is -0.497 e. The van der Waals surface area contributed by atoms with Gasteiger partial charge in [0.15, 0.2) is 0 Å². The predicted octanol–water partition coefficient (Wildman–Crippen LogP) is 0.999. The molecule has 1 aliphatic heterocycles. The number of hydrogen-bond donors (Lipinski definition) is 2. The molecular formula is C13H15NO4. The number of amides is 1. The Kier molecular flexibility index (Phi) is 3.50. The lowest BCUT2D eigenvalue weighted by molar-refractivity contribution is -0.148. The summed E-state index contributed by atoms with van der Waals surface area (Å²) in [5.74, 6) is -1.69. The van der Waals surface area contributed by atoms with Crippen molar-refractivity contribution in [2.45, 2.75) is 12.3 Å². The van der Waals surface area contributed by atoms with E-state index in [4.69, 9.17) is 9.84 Å². The zero-order valence-electron chi connectivity index (χ0n) is 10.1. The summed E-state index contributed by atoms with van der Waals surface area (Å²) in [7, 11) is 1.59. The number of carboxylic acid groups (broad SMARTS) is 1. The highest BCUT2D eigenvalue weighted by Gasteiger charge is 2.34. The lowest BCUT2D eigenvalue weighted by Gasteiger charge is -2.27. The van der Waals surface area contributed by atoms with Crippen molar-refractivity contribution in [1.82, 2.24) is 5.32 Å². The second-order valence-corrected chi connectivity index (χ2v) is 4.35. The van der Waals surface area contributed by atoms with E-state index in [-0.39, 0.29) is 5.92 Å². The molecule has 1 amide bonds. The number of nitrogens with one attached hydrogen (secondary N) is 1. The van der Waals surface area contributed by atoms with Crippen LogP contribution in [0, 0.1) is 5.92 Å². The fourth-order valence-corrected chi connectivity index (χ4v) is 2.18. The Morgan fingerprint density at radius 2 is 2.28 bits per heavy atom. The Hall–Kier alpha value is -2.04. The van der Waals surface area contributed by atoms with Crippen molar-refractivity contribution in [3.8, 4) is 5.75 Å². The molecule has 1 aromatic carbocycles. The van der Waals surface area contributed by atoms with Gasteiger partial charge < -0.3 is 15.2 Å². The third-order valence-electron chi connectivity index (χ3n) is 3.22. The van der Waals surface area contributed by atoms with Gasteiger partial charge in [0.2, 0.25) is 5.91 Å². The SMILES string of the molecule is COc1cccc([C@H]2CNC(=O)[C@@H](C(=O)O)C2)c1. The lowest BCUT2D eigenvalue weighted by atomic mass is 9.85. The van der Waals surface area contributed by atoms with Crippen LogP contribution < -0.4 is 10.1 Å². The Morgan fingerprint density at radius 1 is 1.50 bits per heavy atom. The number of methoxy groups -OCH3 is 1. The van der Waals surface area contributed by atoms with Gasteiger partial charge in [0.25, 0.3) is 0 Å². The summed E-state index contributed by atoms with van der Waals surface area (Å²) in [6.45, 7) is 0.468. The summed E-state index contributed by atoms with van der Waals surface area (Å²) in [5.41, 5.74) is 0.987. The number of piperidine rings is 1. The summed E-state index contributed by atoms with van der Waals surface area (Å²) in [4.78, 5) is 22.4. The zero-order valence-corrected chi connectivity index (χ0v) is 10.1. The molecule has 0 saturated carbocycles. The van der Waals surface area contributed by atoms with Crippen LogP contribution in [-0.2, 0) is 9.59 Å². The number of rotatable bonds is 3. The Bertz CT molecular complexity index is 472. The molecule has 1 fully saturated rings. The first-order valence-electron chi connectivity index (χ1n) is 5.76. The summed E-state index contributed by atoms with van der Waals surface area (Å²) in [5, 5.41) is 11.6. The van der Waals surface area contributed by atoms with Crippen LogP contribution in [0.4, 0.5) is 0 Å². The quantitative estimate of drug-likeness (QED) is 0.784. The number of ether oxygens (including phenoxy) is 1. The summed E-state index contributed by atoms with van der Waals surface area (Å²) >= 11 is 0. The summed E-state index contributed by atoms with van der Waals surface area (Å²) < 4.78 is 5.14. The van der Waals surface area contributed by atoms with Crippen LogP contribution in [0.5, 0.6) is 5.75 Å². The molecule has 1 saturated heterocycles. The summed E-state index contributed by atoms with van der Waals surface area (Å²) in [6.07, 6.45) is 0.328. The molecule has 0 spiro atoms. The predicted molar refractivity (Wildman–Crippen MR) is 64.5 cm³/mol. The van der Waals surface area contributed by atoms with Crippen molar-refractivity contribution in [2.24, 2.45) is 5.92 Å². The van der Waals surface area contributed by atoms with Gasteiger partial charge >= 0.3 is 5.97 Å². The summed E-state index contributed by atoms with van der Waals surface area (Å²) in [6, 6.07) is 7.49. The first-order valence-corrected chi connectivity index (χ1v) is 5.76. The van der Waals surface area contributed by atoms with Crippen LogP contribution in [0.3, 0.4) is 0 Å². The van der Waals surface area contributed by atoms with Crippen LogP contribution in [-0.4, -0.2) is 30.6 Å². The van der Waals surface area contributed by atoms with Crippen molar-refractivity contribution in [1.29, 1.82) is 0 Å². The van der Waals surface area contributed by atoms with Crippen LogP contribution in [0.2, 0.25) is 0 Å². The largest absolute Gasteiger partial charge is 0.497 e. The minimum atomic E-state index is -1.07. The van der Waals surface area contributed by atoms with E-state index in [0.29, 0.717) is 13.0 Å². The molecule has 5 heteroatoms. The molecule has 0 aromatic heterocycles. The molecule has 0 radical (unpaired) electrons. The Morgan fingerprint density at radius 3 is 2.94 bits per heavy atom. The lowest BCUT2D eigenvalue weighted by Crippen LogP contribution is -2.43. The molecular weight excluding hydrogens is 234 g/mol. The van der Waals surface area contributed by atoms with Gasteiger partial charge in [0.05, 0.1) is 7.11 Å². The average molecular weight is 249 g/mol. The smallest absolute Gasteiger partial charge is 0.316 e. The van der Waals surface area contributed by atoms with Gasteiger partial charge in [-0.1, -0.05) is 12.1 Å². The molecule has 18 heavy (non-hydrogen) atoms. The topological polar surface area (TPSA) is 75.6 Å². The zero-order chi connectivity index (χ0) is 13.1. The second-order valence-electron chi connectivity index (χ2n) is 4.35. The van der Waals surface area contributed by atoms with Gasteiger partial charge in [-0.3, -0.25) is 9.59 Å². The van der Waals surface area contributed by atoms with Gasteiger partial charge in [-0.15, -0.1) is 0 Å². The van der Waals surface area contributed by atoms with E-state index in [9.17, 15) is 9.59 Å². The molecule has 1 aliphatic rings. The van der Waals surface area contributed by atoms with Gasteiger partial charge in [0.1, 0.15) is 11.7 Å². The monoisotopic (exact) mass is 249 g/mol. The van der Waals surface area contributed by atoms with Gasteiger partial charge in [-0.25, -0.2) is 0 Å². The number of hydrogen-bond acceptors (Lipinski definition) is 3. The molecule has 2 atom stereocenters. The molecule has 96 valence electrons. The van der Waals surface area contributed by atoms with Crippen molar-refractivity contribution in [2.75, 3.05) is 13.7 Å².